The molecule has 0 unspecified atom stereocenters. The Morgan fingerprint density at radius 1 is 1.14 bits per heavy atom. The lowest BCUT2D eigenvalue weighted by Gasteiger charge is -2.15. The van der Waals surface area contributed by atoms with E-state index in [1.807, 2.05) is 0 Å². The quantitative estimate of drug-likeness (QED) is 0.368. The van der Waals surface area contributed by atoms with E-state index in [1.165, 1.54) is 48.9 Å². The first kappa shape index (κ1) is 26.0. The second-order valence-corrected chi connectivity index (χ2v) is 9.22. The molecule has 182 valence electrons. The number of nitrogens with one attached hydrogen (secondary N) is 2. The highest BCUT2D eigenvalue weighted by molar-refractivity contribution is 7.90. The lowest BCUT2D eigenvalue weighted by Crippen LogP contribution is -2.12. The SMILES string of the molecule is CNCc1cn(S(=O)(=O)c2cccnc2)c2cc(Nc3ccc(C#N)cc3C(F)(F)F)ccc12.Cl. The minimum atomic E-state index is -4.69. The molecule has 2 N–H and O–H groups in total. The van der Waals surface area contributed by atoms with Gasteiger partial charge < -0.3 is 10.6 Å². The first-order valence-corrected chi connectivity index (χ1v) is 11.4. The molecule has 2 aromatic carbocycles. The van der Waals surface area contributed by atoms with Gasteiger partial charge in [0.1, 0.15) is 4.90 Å². The zero-order valence-corrected chi connectivity index (χ0v) is 19.8. The Labute approximate surface area is 205 Å². The van der Waals surface area contributed by atoms with Crippen LogP contribution in [0.5, 0.6) is 0 Å². The van der Waals surface area contributed by atoms with Gasteiger partial charge in [-0.3, -0.25) is 4.98 Å². The number of benzene rings is 2. The van der Waals surface area contributed by atoms with Gasteiger partial charge in [0.2, 0.25) is 0 Å². The summed E-state index contributed by atoms with van der Waals surface area (Å²) in [5.41, 5.74) is -0.136. The van der Waals surface area contributed by atoms with Crippen LogP contribution in [0, 0.1) is 11.3 Å². The molecule has 7 nitrogen and oxygen atoms in total. The average molecular weight is 522 g/mol. The molecule has 0 atom stereocenters. The topological polar surface area (TPSA) is 99.8 Å². The second kappa shape index (κ2) is 9.95. The van der Waals surface area contributed by atoms with Crippen LogP contribution in [-0.2, 0) is 22.7 Å². The Kier molecular flexibility index (Phi) is 7.40. The van der Waals surface area contributed by atoms with Crippen molar-refractivity contribution in [3.05, 3.63) is 83.8 Å². The number of halogens is 4. The van der Waals surface area contributed by atoms with Crippen LogP contribution >= 0.6 is 12.4 Å². The van der Waals surface area contributed by atoms with Crippen molar-refractivity contribution in [2.45, 2.75) is 17.6 Å². The normalized spacial score (nSPS) is 11.6. The molecular weight excluding hydrogens is 503 g/mol. The van der Waals surface area contributed by atoms with Crippen LogP contribution in [0.15, 0.2) is 72.0 Å². The Balaban J connectivity index is 0.00000342. The first-order valence-electron chi connectivity index (χ1n) is 9.97. The van der Waals surface area contributed by atoms with E-state index in [-0.39, 0.29) is 34.2 Å². The molecule has 0 amide bonds. The molecule has 0 saturated heterocycles. The number of aromatic nitrogens is 2. The Morgan fingerprint density at radius 2 is 1.91 bits per heavy atom. The third-order valence-corrected chi connectivity index (χ3v) is 6.80. The van der Waals surface area contributed by atoms with Crippen molar-refractivity contribution in [3.8, 4) is 6.07 Å². The first-order chi connectivity index (χ1) is 16.1. The fourth-order valence-electron chi connectivity index (χ4n) is 3.60. The summed E-state index contributed by atoms with van der Waals surface area (Å²) in [6.45, 7) is 0.382. The molecule has 2 heterocycles. The van der Waals surface area contributed by atoms with Gasteiger partial charge in [0.25, 0.3) is 10.0 Å². The van der Waals surface area contributed by atoms with E-state index in [0.717, 1.165) is 10.0 Å². The largest absolute Gasteiger partial charge is 0.418 e. The number of hydrogen-bond donors (Lipinski definition) is 2. The molecule has 35 heavy (non-hydrogen) atoms. The highest BCUT2D eigenvalue weighted by atomic mass is 35.5. The van der Waals surface area contributed by atoms with Crippen LogP contribution in [0.25, 0.3) is 10.9 Å². The predicted molar refractivity (Wildman–Crippen MR) is 128 cm³/mol. The molecular formula is C23H19ClF3N5O2S. The summed E-state index contributed by atoms with van der Waals surface area (Å²) >= 11 is 0. The summed E-state index contributed by atoms with van der Waals surface area (Å²) in [6, 6.07) is 12.5. The molecule has 4 rings (SSSR count). The van der Waals surface area contributed by atoms with Crippen molar-refractivity contribution in [2.75, 3.05) is 12.4 Å². The molecule has 0 aliphatic rings. The Hall–Kier alpha value is -3.59. The van der Waals surface area contributed by atoms with Crippen LogP contribution in [0.1, 0.15) is 16.7 Å². The van der Waals surface area contributed by atoms with Crippen molar-refractivity contribution in [3.63, 3.8) is 0 Å². The number of pyridine rings is 1. The number of nitrogens with zero attached hydrogens (tertiary/aromatic N) is 3. The van der Waals surface area contributed by atoms with Crippen LogP contribution in [-0.4, -0.2) is 24.4 Å². The van der Waals surface area contributed by atoms with Gasteiger partial charge in [-0.2, -0.15) is 18.4 Å². The van der Waals surface area contributed by atoms with Crippen molar-refractivity contribution in [1.29, 1.82) is 5.26 Å². The maximum atomic E-state index is 13.6. The van der Waals surface area contributed by atoms with Crippen molar-refractivity contribution in [1.82, 2.24) is 14.3 Å². The molecule has 0 fully saturated rings. The lowest BCUT2D eigenvalue weighted by atomic mass is 10.1. The number of hydrogen-bond acceptors (Lipinski definition) is 6. The van der Waals surface area contributed by atoms with Crippen LogP contribution in [0.2, 0.25) is 0 Å². The second-order valence-electron chi connectivity index (χ2n) is 7.40. The monoisotopic (exact) mass is 521 g/mol. The molecule has 0 aliphatic carbocycles. The van der Waals surface area contributed by atoms with Crippen molar-refractivity contribution in [2.24, 2.45) is 0 Å². The van der Waals surface area contributed by atoms with E-state index in [0.29, 0.717) is 23.0 Å². The standard InChI is InChI=1S/C23H18F3N5O2S.ClH/c1-28-12-16-14-31(34(32,33)18-3-2-8-29-13-18)22-10-17(5-6-19(16)22)30-21-7-4-15(11-27)9-20(21)23(24,25)26;/h2-10,13-14,28,30H,12H2,1H3;1H. The van der Waals surface area contributed by atoms with Crippen LogP contribution in [0.4, 0.5) is 24.5 Å². The molecule has 0 saturated carbocycles. The van der Waals surface area contributed by atoms with Gasteiger partial charge in [-0.1, -0.05) is 6.07 Å². The van der Waals surface area contributed by atoms with Gasteiger partial charge in [0.05, 0.1) is 28.4 Å². The Bertz CT molecular complexity index is 1510. The summed E-state index contributed by atoms with van der Waals surface area (Å²) in [5, 5.41) is 15.3. The highest BCUT2D eigenvalue weighted by Crippen LogP contribution is 2.37. The minimum absolute atomic E-state index is 0. The van der Waals surface area contributed by atoms with Crippen molar-refractivity contribution < 1.29 is 21.6 Å². The minimum Gasteiger partial charge on any atom is -0.355 e. The maximum absolute atomic E-state index is 13.6. The van der Waals surface area contributed by atoms with Gasteiger partial charge in [0.15, 0.2) is 0 Å². The van der Waals surface area contributed by atoms with Gasteiger partial charge in [-0.25, -0.2) is 12.4 Å². The third-order valence-electron chi connectivity index (χ3n) is 5.15. The van der Waals surface area contributed by atoms with Gasteiger partial charge >= 0.3 is 6.18 Å². The van der Waals surface area contributed by atoms with E-state index in [9.17, 15) is 21.6 Å². The van der Waals surface area contributed by atoms with Gasteiger partial charge in [0, 0.05) is 36.2 Å². The fourth-order valence-corrected chi connectivity index (χ4v) is 4.95. The summed E-state index contributed by atoms with van der Waals surface area (Å²) in [7, 11) is -2.29. The van der Waals surface area contributed by atoms with E-state index in [1.54, 1.807) is 25.2 Å². The van der Waals surface area contributed by atoms with Crippen LogP contribution < -0.4 is 10.6 Å². The van der Waals surface area contributed by atoms with Crippen LogP contribution in [0.3, 0.4) is 0 Å². The Morgan fingerprint density at radius 3 is 2.54 bits per heavy atom. The molecule has 0 bridgehead atoms. The molecule has 0 aliphatic heterocycles. The molecule has 0 radical (unpaired) electrons. The molecule has 12 heteroatoms. The van der Waals surface area contributed by atoms with E-state index in [2.05, 4.69) is 15.6 Å². The maximum Gasteiger partial charge on any atom is 0.418 e. The summed E-state index contributed by atoms with van der Waals surface area (Å²) in [6.07, 6.45) is -0.524. The van der Waals surface area contributed by atoms with E-state index >= 15 is 0 Å². The molecule has 2 aromatic heterocycles. The zero-order valence-electron chi connectivity index (χ0n) is 18.2. The number of fused-ring (bicyclic) bond motifs is 1. The van der Waals surface area contributed by atoms with E-state index in [4.69, 9.17) is 5.26 Å². The van der Waals surface area contributed by atoms with E-state index < -0.39 is 21.8 Å². The third kappa shape index (κ3) is 5.09. The number of anilines is 2. The molecule has 4 aromatic rings. The van der Waals surface area contributed by atoms with Crippen molar-refractivity contribution >= 4 is 44.7 Å². The number of alkyl halides is 3. The van der Waals surface area contributed by atoms with Gasteiger partial charge in [-0.05, 0) is 55.1 Å². The number of nitriles is 1. The fraction of sp³-hybridized carbons (Fsp3) is 0.130. The predicted octanol–water partition coefficient (Wildman–Crippen LogP) is 5.05. The average Bonchev–Trinajstić information content (AvgIpc) is 3.18. The zero-order chi connectivity index (χ0) is 24.5. The highest BCUT2D eigenvalue weighted by Gasteiger charge is 2.34. The summed E-state index contributed by atoms with van der Waals surface area (Å²) in [4.78, 5) is 3.85. The van der Waals surface area contributed by atoms with Gasteiger partial charge in [-0.15, -0.1) is 12.4 Å². The molecule has 0 spiro atoms. The lowest BCUT2D eigenvalue weighted by molar-refractivity contribution is -0.136. The number of rotatable bonds is 6. The summed E-state index contributed by atoms with van der Waals surface area (Å²) < 4.78 is 68.4. The smallest absolute Gasteiger partial charge is 0.355 e. The summed E-state index contributed by atoms with van der Waals surface area (Å²) in [5.74, 6) is 0.